The van der Waals surface area contributed by atoms with Crippen LogP contribution >= 0.6 is 11.6 Å². The Labute approximate surface area is 223 Å². The van der Waals surface area contributed by atoms with Gasteiger partial charge < -0.3 is 13.9 Å². The fraction of sp³-hybridized carbons (Fsp3) is 0.400. The van der Waals surface area contributed by atoms with Gasteiger partial charge in [0.15, 0.2) is 0 Å². The fourth-order valence-corrected chi connectivity index (χ4v) is 6.76. The number of hydrogen-bond donors (Lipinski definition) is 2. The number of ether oxygens (including phenoxy) is 2. The molecule has 0 fully saturated rings. The maximum Gasteiger partial charge on any atom is 0.434 e. The van der Waals surface area contributed by atoms with Gasteiger partial charge in [0.2, 0.25) is 21.7 Å². The van der Waals surface area contributed by atoms with E-state index in [1.165, 1.54) is 32.0 Å². The molecule has 204 valence electrons. The second-order valence-corrected chi connectivity index (χ2v) is 11.4. The van der Waals surface area contributed by atoms with Gasteiger partial charge in [-0.3, -0.25) is 4.79 Å². The lowest BCUT2D eigenvalue weighted by molar-refractivity contribution is -0.233. The minimum absolute atomic E-state index is 0.0570. The summed E-state index contributed by atoms with van der Waals surface area (Å²) >= 11 is 6.42. The zero-order valence-corrected chi connectivity index (χ0v) is 22.9. The first-order valence-electron chi connectivity index (χ1n) is 11.7. The third-order valence-corrected chi connectivity index (χ3v) is 8.56. The molecule has 0 amide bonds. The number of carbonyl (C=O) groups excluding carboxylic acids is 1. The number of hydrogen-bond acceptors (Lipinski definition) is 8. The van der Waals surface area contributed by atoms with Crippen molar-refractivity contribution < 1.29 is 31.5 Å². The molecule has 1 aromatic heterocycles. The van der Waals surface area contributed by atoms with Gasteiger partial charge in [-0.15, -0.1) is 5.10 Å². The average Bonchev–Trinajstić information content (AvgIpc) is 3.25. The molecule has 0 radical (unpaired) electrons. The van der Waals surface area contributed by atoms with E-state index >= 15 is 4.39 Å². The normalized spacial score (nSPS) is 19.0. The predicted molar refractivity (Wildman–Crippen MR) is 135 cm³/mol. The van der Waals surface area contributed by atoms with E-state index in [2.05, 4.69) is 14.9 Å². The molecule has 2 heterocycles. The number of carbonyl (C=O) groups is 1. The van der Waals surface area contributed by atoms with Gasteiger partial charge >= 0.3 is 11.7 Å². The first-order chi connectivity index (χ1) is 17.7. The number of aromatic amines is 1. The summed E-state index contributed by atoms with van der Waals surface area (Å²) in [5.74, 6) is -4.78. The molecule has 0 spiro atoms. The van der Waals surface area contributed by atoms with E-state index in [0.29, 0.717) is 11.1 Å². The highest BCUT2D eigenvalue weighted by Crippen LogP contribution is 2.42. The van der Waals surface area contributed by atoms with E-state index < -0.39 is 45.3 Å². The van der Waals surface area contributed by atoms with Crippen LogP contribution in [0.25, 0.3) is 0 Å². The quantitative estimate of drug-likeness (QED) is 0.410. The Balaban J connectivity index is 1.84. The van der Waals surface area contributed by atoms with Crippen LogP contribution in [-0.4, -0.2) is 31.2 Å². The molecule has 0 saturated heterocycles. The highest BCUT2D eigenvalue weighted by Gasteiger charge is 2.42. The number of benzene rings is 2. The van der Waals surface area contributed by atoms with E-state index in [0.717, 1.165) is 5.56 Å². The summed E-state index contributed by atoms with van der Waals surface area (Å²) in [6.07, 6.45) is 0.159. The molecule has 0 aliphatic carbocycles. The summed E-state index contributed by atoms with van der Waals surface area (Å²) in [4.78, 5) is 23.4. The molecule has 3 atom stereocenters. The summed E-state index contributed by atoms with van der Waals surface area (Å²) in [7, 11) is -4.37. The van der Waals surface area contributed by atoms with Crippen LogP contribution in [-0.2, 0) is 36.5 Å². The van der Waals surface area contributed by atoms with E-state index in [1.807, 2.05) is 0 Å². The standard InChI is InChI=1S/C25H27ClFN3O7S/c1-12-6-8-18(27)20(13(12)2)14(3)22(23-28-29-24(32)36-23)30-38(33,34)19-9-7-17(26)21-16(19)10-11-35-25(21,5)37-15(4)31/h6-9,14,22,30H,10-11H2,1-5H3,(H,29,32)/t14-,22+,25?/m1/s1. The van der Waals surface area contributed by atoms with Crippen LogP contribution < -0.4 is 10.5 Å². The molecule has 1 aliphatic heterocycles. The number of nitrogens with zero attached hydrogens (tertiary/aromatic N) is 1. The lowest BCUT2D eigenvalue weighted by Crippen LogP contribution is -2.39. The number of sulfonamides is 1. The van der Waals surface area contributed by atoms with Gasteiger partial charge in [0, 0.05) is 25.3 Å². The van der Waals surface area contributed by atoms with Crippen molar-refractivity contribution in [3.8, 4) is 0 Å². The van der Waals surface area contributed by atoms with Crippen LogP contribution in [0.4, 0.5) is 4.39 Å². The van der Waals surface area contributed by atoms with Crippen LogP contribution in [0.3, 0.4) is 0 Å². The van der Waals surface area contributed by atoms with Gasteiger partial charge in [-0.05, 0) is 60.7 Å². The maximum absolute atomic E-state index is 15.0. The van der Waals surface area contributed by atoms with Crippen molar-refractivity contribution in [3.63, 3.8) is 0 Å². The van der Waals surface area contributed by atoms with E-state index in [1.54, 1.807) is 26.8 Å². The van der Waals surface area contributed by atoms with E-state index in [-0.39, 0.29) is 40.0 Å². The van der Waals surface area contributed by atoms with Crippen molar-refractivity contribution in [2.75, 3.05) is 6.61 Å². The van der Waals surface area contributed by atoms with Crippen molar-refractivity contribution in [1.82, 2.24) is 14.9 Å². The highest BCUT2D eigenvalue weighted by atomic mass is 35.5. The maximum atomic E-state index is 15.0. The molecule has 2 N–H and O–H groups in total. The van der Waals surface area contributed by atoms with Crippen LogP contribution in [0.5, 0.6) is 0 Å². The predicted octanol–water partition coefficient (Wildman–Crippen LogP) is 3.90. The highest BCUT2D eigenvalue weighted by molar-refractivity contribution is 7.89. The van der Waals surface area contributed by atoms with Crippen LogP contribution in [0.15, 0.2) is 38.4 Å². The Bertz CT molecular complexity index is 1570. The molecule has 13 heteroatoms. The van der Waals surface area contributed by atoms with Gasteiger partial charge in [-0.1, -0.05) is 24.6 Å². The van der Waals surface area contributed by atoms with E-state index in [4.69, 9.17) is 25.5 Å². The van der Waals surface area contributed by atoms with Gasteiger partial charge in [-0.2, -0.15) is 4.72 Å². The summed E-state index contributed by atoms with van der Waals surface area (Å²) in [5, 5.41) is 6.11. The first kappa shape index (κ1) is 28.0. The Morgan fingerprint density at radius 2 is 2.00 bits per heavy atom. The molecule has 1 aliphatic rings. The SMILES string of the molecule is CC(=O)OC1(C)OCCc2c(S(=O)(=O)N[C@H](c3n[nH]c(=O)o3)[C@H](C)c3c(F)ccc(C)c3C)ccc(Cl)c21. The summed E-state index contributed by atoms with van der Waals surface area (Å²) in [5.41, 5.74) is 2.18. The minimum atomic E-state index is -4.37. The molecule has 4 rings (SSSR count). The Hall–Kier alpha value is -3.06. The lowest BCUT2D eigenvalue weighted by Gasteiger charge is -2.36. The van der Waals surface area contributed by atoms with Crippen LogP contribution in [0.2, 0.25) is 5.02 Å². The van der Waals surface area contributed by atoms with E-state index in [9.17, 15) is 18.0 Å². The van der Waals surface area contributed by atoms with Gasteiger partial charge in [-0.25, -0.2) is 22.7 Å². The second kappa shape index (κ2) is 10.3. The number of H-pyrrole nitrogens is 1. The fourth-order valence-electron chi connectivity index (χ4n) is 4.87. The zero-order valence-electron chi connectivity index (χ0n) is 21.3. The number of halogens is 2. The molecule has 3 aromatic rings. The molecular formula is C25H27ClFN3O7S. The smallest absolute Gasteiger partial charge is 0.429 e. The molecule has 10 nitrogen and oxygen atoms in total. The Kier molecular flexibility index (Phi) is 7.54. The van der Waals surface area contributed by atoms with Gasteiger partial charge in [0.25, 0.3) is 0 Å². The van der Waals surface area contributed by atoms with Gasteiger partial charge in [0.1, 0.15) is 11.9 Å². The topological polar surface area (TPSA) is 141 Å². The minimum Gasteiger partial charge on any atom is -0.429 e. The van der Waals surface area contributed by atoms with Crippen molar-refractivity contribution in [2.45, 2.75) is 63.7 Å². The third kappa shape index (κ3) is 5.13. The first-order valence-corrected chi connectivity index (χ1v) is 13.6. The summed E-state index contributed by atoms with van der Waals surface area (Å²) in [6, 6.07) is 4.34. The monoisotopic (exact) mass is 567 g/mol. The van der Waals surface area contributed by atoms with Crippen molar-refractivity contribution in [1.29, 1.82) is 0 Å². The summed E-state index contributed by atoms with van der Waals surface area (Å²) < 4.78 is 61.5. The molecule has 1 unspecified atom stereocenters. The molecule has 38 heavy (non-hydrogen) atoms. The number of fused-ring (bicyclic) bond motifs is 1. The molecule has 0 saturated carbocycles. The summed E-state index contributed by atoms with van der Waals surface area (Å²) in [6.45, 7) is 7.88. The number of rotatable bonds is 7. The second-order valence-electron chi connectivity index (χ2n) is 9.28. The number of esters is 1. The van der Waals surface area contributed by atoms with Crippen molar-refractivity contribution in [3.05, 3.63) is 79.4 Å². The largest absolute Gasteiger partial charge is 0.434 e. The third-order valence-electron chi connectivity index (χ3n) is 6.72. The number of aromatic nitrogens is 2. The zero-order chi connectivity index (χ0) is 28.0. The van der Waals surface area contributed by atoms with Crippen molar-refractivity contribution in [2.24, 2.45) is 0 Å². The van der Waals surface area contributed by atoms with Crippen molar-refractivity contribution >= 4 is 27.6 Å². The Morgan fingerprint density at radius 1 is 1.29 bits per heavy atom. The van der Waals surface area contributed by atoms with Crippen LogP contribution in [0, 0.1) is 19.7 Å². The average molecular weight is 568 g/mol. The molecular weight excluding hydrogens is 541 g/mol. The lowest BCUT2D eigenvalue weighted by atomic mass is 9.88. The van der Waals surface area contributed by atoms with Gasteiger partial charge in [0.05, 0.1) is 16.5 Å². The molecule has 2 aromatic carbocycles. The number of nitrogens with one attached hydrogen (secondary N) is 2. The Morgan fingerprint density at radius 3 is 2.63 bits per heavy atom. The molecule has 0 bridgehead atoms. The number of aryl methyl sites for hydroxylation is 1. The van der Waals surface area contributed by atoms with Crippen LogP contribution in [0.1, 0.15) is 66.4 Å².